The highest BCUT2D eigenvalue weighted by molar-refractivity contribution is 5.95. The zero-order chi connectivity index (χ0) is 12.0. The van der Waals surface area contributed by atoms with E-state index in [4.69, 9.17) is 0 Å². The fraction of sp³-hybridized carbons (Fsp3) is 0.333. The number of hydrogen-bond donors (Lipinski definition) is 1. The molecular weight excluding hydrogens is 207 g/mol. The van der Waals surface area contributed by atoms with Crippen LogP contribution < -0.4 is 5.43 Å². The summed E-state index contributed by atoms with van der Waals surface area (Å²) in [6.45, 7) is 3.96. The third-order valence-corrected chi connectivity index (χ3v) is 2.24. The molecule has 1 aromatic carbocycles. The number of carbonyl (C=O) groups is 1. The smallest absolute Gasteiger partial charge is 0.267 e. The van der Waals surface area contributed by atoms with Crippen LogP contribution in [0.5, 0.6) is 0 Å². The molecular formula is C12H15FN2O. The van der Waals surface area contributed by atoms with Gasteiger partial charge in [-0.3, -0.25) is 4.79 Å². The summed E-state index contributed by atoms with van der Waals surface area (Å²) >= 11 is 0. The Bertz CT molecular complexity index is 379. The second kappa shape index (κ2) is 6.00. The van der Waals surface area contributed by atoms with Gasteiger partial charge in [0.05, 0.1) is 0 Å². The first kappa shape index (κ1) is 12.4. The summed E-state index contributed by atoms with van der Waals surface area (Å²) in [5.41, 5.74) is 3.77. The average Bonchev–Trinajstić information content (AvgIpc) is 2.31. The number of nitrogens with one attached hydrogen (secondary N) is 1. The number of hydrogen-bond acceptors (Lipinski definition) is 2. The Hall–Kier alpha value is -1.71. The van der Waals surface area contributed by atoms with Gasteiger partial charge in [0, 0.05) is 11.3 Å². The van der Waals surface area contributed by atoms with Crippen molar-refractivity contribution >= 4 is 11.6 Å². The maximum Gasteiger partial charge on any atom is 0.271 e. The third-order valence-electron chi connectivity index (χ3n) is 2.24. The second-order valence-electron chi connectivity index (χ2n) is 3.33. The highest BCUT2D eigenvalue weighted by atomic mass is 19.1. The lowest BCUT2D eigenvalue weighted by Gasteiger charge is -2.02. The number of halogens is 1. The van der Waals surface area contributed by atoms with Crippen LogP contribution in [0.15, 0.2) is 29.4 Å². The Morgan fingerprint density at radius 2 is 1.81 bits per heavy atom. The number of carbonyl (C=O) groups excluding carboxylic acids is 1. The number of amides is 1. The number of nitrogens with zero attached hydrogens (tertiary/aromatic N) is 1. The largest absolute Gasteiger partial charge is 0.271 e. The van der Waals surface area contributed by atoms with Gasteiger partial charge in [-0.15, -0.1) is 0 Å². The molecule has 0 radical (unpaired) electrons. The van der Waals surface area contributed by atoms with E-state index >= 15 is 0 Å². The minimum Gasteiger partial charge on any atom is -0.267 e. The highest BCUT2D eigenvalue weighted by Crippen LogP contribution is 2.02. The molecule has 0 saturated heterocycles. The molecule has 0 heterocycles. The molecule has 0 unspecified atom stereocenters. The van der Waals surface area contributed by atoms with Crippen molar-refractivity contribution in [3.8, 4) is 0 Å². The molecule has 16 heavy (non-hydrogen) atoms. The van der Waals surface area contributed by atoms with Crippen LogP contribution in [0, 0.1) is 5.82 Å². The third kappa shape index (κ3) is 3.46. The molecule has 0 aliphatic heterocycles. The van der Waals surface area contributed by atoms with Crippen molar-refractivity contribution in [2.45, 2.75) is 26.7 Å². The fourth-order valence-corrected chi connectivity index (χ4v) is 1.20. The number of benzene rings is 1. The average molecular weight is 222 g/mol. The van der Waals surface area contributed by atoms with Gasteiger partial charge in [0.15, 0.2) is 0 Å². The minimum atomic E-state index is -0.358. The first-order chi connectivity index (χ1) is 7.67. The standard InChI is InChI=1S/C12H15FN2O/c1-3-11(4-2)14-15-12(16)9-5-7-10(13)8-6-9/h5-8H,3-4H2,1-2H3,(H,15,16). The molecule has 0 spiro atoms. The van der Waals surface area contributed by atoms with Crippen LogP contribution >= 0.6 is 0 Å². The SMILES string of the molecule is CCC(CC)=NNC(=O)c1ccc(F)cc1. The predicted molar refractivity (Wildman–Crippen MR) is 61.9 cm³/mol. The lowest BCUT2D eigenvalue weighted by atomic mass is 10.2. The van der Waals surface area contributed by atoms with E-state index in [0.29, 0.717) is 5.56 Å². The van der Waals surface area contributed by atoms with Gasteiger partial charge in [-0.25, -0.2) is 9.82 Å². The number of hydrazone groups is 1. The fourth-order valence-electron chi connectivity index (χ4n) is 1.20. The molecule has 1 amide bonds. The van der Waals surface area contributed by atoms with Crippen molar-refractivity contribution in [1.82, 2.24) is 5.43 Å². The number of rotatable bonds is 4. The summed E-state index contributed by atoms with van der Waals surface area (Å²) in [7, 11) is 0. The van der Waals surface area contributed by atoms with E-state index in [-0.39, 0.29) is 11.7 Å². The van der Waals surface area contributed by atoms with Crippen molar-refractivity contribution < 1.29 is 9.18 Å². The molecule has 0 atom stereocenters. The molecule has 0 aromatic heterocycles. The Balaban J connectivity index is 2.66. The van der Waals surface area contributed by atoms with Gasteiger partial charge < -0.3 is 0 Å². The van der Waals surface area contributed by atoms with E-state index in [1.165, 1.54) is 24.3 Å². The van der Waals surface area contributed by atoms with Gasteiger partial charge in [0.25, 0.3) is 5.91 Å². The molecule has 1 N–H and O–H groups in total. The molecule has 0 aliphatic rings. The minimum absolute atomic E-state index is 0.320. The van der Waals surface area contributed by atoms with Gasteiger partial charge in [0.2, 0.25) is 0 Å². The first-order valence-electron chi connectivity index (χ1n) is 5.28. The topological polar surface area (TPSA) is 41.5 Å². The van der Waals surface area contributed by atoms with Crippen molar-refractivity contribution in [3.63, 3.8) is 0 Å². The van der Waals surface area contributed by atoms with Gasteiger partial charge >= 0.3 is 0 Å². The quantitative estimate of drug-likeness (QED) is 0.617. The van der Waals surface area contributed by atoms with E-state index in [0.717, 1.165) is 18.6 Å². The summed E-state index contributed by atoms with van der Waals surface area (Å²) in [6.07, 6.45) is 1.61. The summed E-state index contributed by atoms with van der Waals surface area (Å²) in [6, 6.07) is 5.36. The first-order valence-corrected chi connectivity index (χ1v) is 5.28. The van der Waals surface area contributed by atoms with Crippen LogP contribution in [0.3, 0.4) is 0 Å². The van der Waals surface area contributed by atoms with E-state index in [1.807, 2.05) is 13.8 Å². The molecule has 3 nitrogen and oxygen atoms in total. The Labute approximate surface area is 94.4 Å². The zero-order valence-corrected chi connectivity index (χ0v) is 9.46. The van der Waals surface area contributed by atoms with Crippen LogP contribution in [-0.2, 0) is 0 Å². The Kier molecular flexibility index (Phi) is 4.64. The lowest BCUT2D eigenvalue weighted by molar-refractivity contribution is 0.0954. The normalized spacial score (nSPS) is 9.69. The van der Waals surface area contributed by atoms with Crippen molar-refractivity contribution in [1.29, 1.82) is 0 Å². The van der Waals surface area contributed by atoms with Crippen LogP contribution in [0.4, 0.5) is 4.39 Å². The van der Waals surface area contributed by atoms with E-state index in [1.54, 1.807) is 0 Å². The Morgan fingerprint density at radius 1 is 1.25 bits per heavy atom. The van der Waals surface area contributed by atoms with Crippen LogP contribution in [-0.4, -0.2) is 11.6 Å². The molecule has 0 bridgehead atoms. The molecule has 86 valence electrons. The van der Waals surface area contributed by atoms with Gasteiger partial charge in [-0.1, -0.05) is 13.8 Å². The van der Waals surface area contributed by atoms with Gasteiger partial charge in [-0.2, -0.15) is 5.10 Å². The maximum absolute atomic E-state index is 12.6. The molecule has 0 aliphatic carbocycles. The molecule has 0 saturated carbocycles. The van der Waals surface area contributed by atoms with Crippen molar-refractivity contribution in [3.05, 3.63) is 35.6 Å². The van der Waals surface area contributed by atoms with Crippen LogP contribution in [0.2, 0.25) is 0 Å². The molecule has 1 rings (SSSR count). The zero-order valence-electron chi connectivity index (χ0n) is 9.46. The molecule has 0 fully saturated rings. The summed E-state index contributed by atoms with van der Waals surface area (Å²) < 4.78 is 12.6. The predicted octanol–water partition coefficient (Wildman–Crippen LogP) is 2.73. The summed E-state index contributed by atoms with van der Waals surface area (Å²) in [4.78, 5) is 11.6. The van der Waals surface area contributed by atoms with Crippen molar-refractivity contribution in [2.24, 2.45) is 5.10 Å². The van der Waals surface area contributed by atoms with Gasteiger partial charge in [-0.05, 0) is 37.1 Å². The Morgan fingerprint density at radius 3 is 2.31 bits per heavy atom. The van der Waals surface area contributed by atoms with Crippen LogP contribution in [0.25, 0.3) is 0 Å². The van der Waals surface area contributed by atoms with E-state index in [2.05, 4.69) is 10.5 Å². The summed E-state index contributed by atoms with van der Waals surface area (Å²) in [5.74, 6) is -0.678. The van der Waals surface area contributed by atoms with E-state index < -0.39 is 0 Å². The lowest BCUT2D eigenvalue weighted by Crippen LogP contribution is -2.19. The molecule has 4 heteroatoms. The molecule has 1 aromatic rings. The highest BCUT2D eigenvalue weighted by Gasteiger charge is 2.04. The second-order valence-corrected chi connectivity index (χ2v) is 3.33. The monoisotopic (exact) mass is 222 g/mol. The summed E-state index contributed by atoms with van der Waals surface area (Å²) in [5, 5.41) is 3.98. The maximum atomic E-state index is 12.6. The van der Waals surface area contributed by atoms with Crippen LogP contribution in [0.1, 0.15) is 37.0 Å². The van der Waals surface area contributed by atoms with Crippen molar-refractivity contribution in [2.75, 3.05) is 0 Å². The van der Waals surface area contributed by atoms with E-state index in [9.17, 15) is 9.18 Å². The van der Waals surface area contributed by atoms with Gasteiger partial charge in [0.1, 0.15) is 5.82 Å².